The van der Waals surface area contributed by atoms with Gasteiger partial charge in [0.2, 0.25) is 5.95 Å². The minimum absolute atomic E-state index is 0.239. The molecule has 6 heteroatoms. The third-order valence-corrected chi connectivity index (χ3v) is 3.65. The Kier molecular flexibility index (Phi) is 3.62. The Hall–Kier alpha value is -2.34. The first-order chi connectivity index (χ1) is 10.2. The van der Waals surface area contributed by atoms with Crippen LogP contribution < -0.4 is 10.1 Å². The maximum Gasteiger partial charge on any atom is 0.258 e. The number of imidazole rings is 1. The predicted octanol–water partition coefficient (Wildman–Crippen LogP) is 3.59. The standard InChI is InChI=1S/C15H12BrN3O2/c1-21-13-7-6-9(8-10(13)16)14(20)19-15-17-11-4-2-3-5-12(11)18-15/h2-8H,1H3,(H2,17,18,19,20). The number of rotatable bonds is 3. The van der Waals surface area contributed by atoms with E-state index in [0.29, 0.717) is 17.3 Å². The molecule has 3 rings (SSSR count). The van der Waals surface area contributed by atoms with E-state index in [0.717, 1.165) is 15.5 Å². The number of nitrogens with one attached hydrogen (secondary N) is 2. The Labute approximate surface area is 129 Å². The summed E-state index contributed by atoms with van der Waals surface area (Å²) in [6.45, 7) is 0. The van der Waals surface area contributed by atoms with Crippen molar-refractivity contribution in [3.8, 4) is 5.75 Å². The number of anilines is 1. The quantitative estimate of drug-likeness (QED) is 0.762. The molecular formula is C15H12BrN3O2. The first-order valence-corrected chi connectivity index (χ1v) is 7.06. The summed E-state index contributed by atoms with van der Waals surface area (Å²) >= 11 is 3.36. The number of para-hydroxylation sites is 2. The van der Waals surface area contributed by atoms with Crippen LogP contribution in [0.3, 0.4) is 0 Å². The summed E-state index contributed by atoms with van der Waals surface area (Å²) in [5, 5.41) is 2.75. The van der Waals surface area contributed by atoms with E-state index in [2.05, 4.69) is 31.2 Å². The van der Waals surface area contributed by atoms with E-state index in [1.165, 1.54) is 0 Å². The van der Waals surface area contributed by atoms with Crippen LogP contribution in [0.25, 0.3) is 11.0 Å². The van der Waals surface area contributed by atoms with Crippen molar-refractivity contribution in [2.24, 2.45) is 0 Å². The zero-order valence-corrected chi connectivity index (χ0v) is 12.8. The van der Waals surface area contributed by atoms with Crippen molar-refractivity contribution in [1.29, 1.82) is 0 Å². The zero-order chi connectivity index (χ0) is 14.8. The highest BCUT2D eigenvalue weighted by Gasteiger charge is 2.11. The average molecular weight is 346 g/mol. The normalized spacial score (nSPS) is 10.6. The lowest BCUT2D eigenvalue weighted by Crippen LogP contribution is -2.12. The molecule has 21 heavy (non-hydrogen) atoms. The number of hydrogen-bond donors (Lipinski definition) is 2. The van der Waals surface area contributed by atoms with E-state index < -0.39 is 0 Å². The lowest BCUT2D eigenvalue weighted by atomic mass is 10.2. The van der Waals surface area contributed by atoms with Gasteiger partial charge in [-0.15, -0.1) is 0 Å². The van der Waals surface area contributed by atoms with Gasteiger partial charge in [-0.25, -0.2) is 4.98 Å². The number of aromatic amines is 1. The second-order valence-electron chi connectivity index (χ2n) is 4.41. The van der Waals surface area contributed by atoms with Gasteiger partial charge in [0.15, 0.2) is 0 Å². The van der Waals surface area contributed by atoms with E-state index in [1.54, 1.807) is 25.3 Å². The lowest BCUT2D eigenvalue weighted by Gasteiger charge is -2.06. The van der Waals surface area contributed by atoms with Crippen LogP contribution in [0.15, 0.2) is 46.9 Å². The molecule has 2 N–H and O–H groups in total. The smallest absolute Gasteiger partial charge is 0.258 e. The van der Waals surface area contributed by atoms with Crippen molar-refractivity contribution >= 4 is 38.8 Å². The summed E-state index contributed by atoms with van der Waals surface area (Å²) < 4.78 is 5.87. The number of ether oxygens (including phenoxy) is 1. The molecule has 1 amide bonds. The SMILES string of the molecule is COc1ccc(C(=O)Nc2nc3ccccc3[nH]2)cc1Br. The van der Waals surface area contributed by atoms with E-state index in [4.69, 9.17) is 4.74 Å². The molecule has 0 saturated carbocycles. The fourth-order valence-electron chi connectivity index (χ4n) is 2.00. The Morgan fingerprint density at radius 1 is 1.29 bits per heavy atom. The molecule has 1 aromatic heterocycles. The summed E-state index contributed by atoms with van der Waals surface area (Å²) in [4.78, 5) is 19.6. The number of carbonyl (C=O) groups is 1. The molecule has 2 aromatic carbocycles. The molecule has 3 aromatic rings. The minimum atomic E-state index is -0.239. The van der Waals surface area contributed by atoms with E-state index in [9.17, 15) is 4.79 Å². The van der Waals surface area contributed by atoms with E-state index >= 15 is 0 Å². The van der Waals surface area contributed by atoms with Gasteiger partial charge in [0.1, 0.15) is 5.75 Å². The largest absolute Gasteiger partial charge is 0.496 e. The number of nitrogens with zero attached hydrogens (tertiary/aromatic N) is 1. The second-order valence-corrected chi connectivity index (χ2v) is 5.26. The van der Waals surface area contributed by atoms with Crippen molar-refractivity contribution < 1.29 is 9.53 Å². The van der Waals surface area contributed by atoms with Crippen LogP contribution >= 0.6 is 15.9 Å². The number of amides is 1. The molecule has 0 atom stereocenters. The maximum absolute atomic E-state index is 12.2. The van der Waals surface area contributed by atoms with Crippen molar-refractivity contribution in [1.82, 2.24) is 9.97 Å². The average Bonchev–Trinajstić information content (AvgIpc) is 2.89. The van der Waals surface area contributed by atoms with Crippen molar-refractivity contribution in [2.75, 3.05) is 12.4 Å². The van der Waals surface area contributed by atoms with Crippen LogP contribution in [-0.2, 0) is 0 Å². The van der Waals surface area contributed by atoms with Gasteiger partial charge in [-0.05, 0) is 46.3 Å². The Morgan fingerprint density at radius 2 is 2.10 bits per heavy atom. The van der Waals surface area contributed by atoms with Gasteiger partial charge in [0.25, 0.3) is 5.91 Å². The van der Waals surface area contributed by atoms with Gasteiger partial charge in [0.05, 0.1) is 22.6 Å². The van der Waals surface area contributed by atoms with Crippen molar-refractivity contribution in [2.45, 2.75) is 0 Å². The van der Waals surface area contributed by atoms with Gasteiger partial charge in [0, 0.05) is 5.56 Å². The van der Waals surface area contributed by atoms with Crippen molar-refractivity contribution in [3.05, 3.63) is 52.5 Å². The number of benzene rings is 2. The summed E-state index contributed by atoms with van der Waals surface area (Å²) in [5.41, 5.74) is 2.20. The highest BCUT2D eigenvalue weighted by atomic mass is 79.9. The second kappa shape index (κ2) is 5.57. The lowest BCUT2D eigenvalue weighted by molar-refractivity contribution is 0.102. The van der Waals surface area contributed by atoms with Crippen LogP contribution in [0.5, 0.6) is 5.75 Å². The molecule has 0 saturated heterocycles. The highest BCUT2D eigenvalue weighted by Crippen LogP contribution is 2.25. The van der Waals surface area contributed by atoms with Crippen LogP contribution in [0.1, 0.15) is 10.4 Å². The summed E-state index contributed by atoms with van der Waals surface area (Å²) in [7, 11) is 1.58. The molecule has 0 aliphatic heterocycles. The Morgan fingerprint density at radius 3 is 2.81 bits per heavy atom. The monoisotopic (exact) mass is 345 g/mol. The first kappa shape index (κ1) is 13.6. The molecule has 0 radical (unpaired) electrons. The highest BCUT2D eigenvalue weighted by molar-refractivity contribution is 9.10. The number of methoxy groups -OCH3 is 1. The Balaban J connectivity index is 1.84. The van der Waals surface area contributed by atoms with Gasteiger partial charge >= 0.3 is 0 Å². The maximum atomic E-state index is 12.2. The number of carbonyl (C=O) groups excluding carboxylic acids is 1. The molecule has 5 nitrogen and oxygen atoms in total. The summed E-state index contributed by atoms with van der Waals surface area (Å²) in [6.07, 6.45) is 0. The van der Waals surface area contributed by atoms with Crippen LogP contribution in [0.4, 0.5) is 5.95 Å². The van der Waals surface area contributed by atoms with Crippen LogP contribution in [-0.4, -0.2) is 23.0 Å². The number of aromatic nitrogens is 2. The first-order valence-electron chi connectivity index (χ1n) is 6.27. The minimum Gasteiger partial charge on any atom is -0.496 e. The molecular weight excluding hydrogens is 334 g/mol. The fourth-order valence-corrected chi connectivity index (χ4v) is 2.54. The fraction of sp³-hybridized carbons (Fsp3) is 0.0667. The van der Waals surface area contributed by atoms with Gasteiger partial charge < -0.3 is 9.72 Å². The summed E-state index contributed by atoms with van der Waals surface area (Å²) in [5.74, 6) is 0.862. The molecule has 106 valence electrons. The van der Waals surface area contributed by atoms with E-state index in [-0.39, 0.29) is 5.91 Å². The molecule has 1 heterocycles. The molecule has 0 aliphatic rings. The predicted molar refractivity (Wildman–Crippen MR) is 84.7 cm³/mol. The third-order valence-electron chi connectivity index (χ3n) is 3.04. The van der Waals surface area contributed by atoms with Crippen LogP contribution in [0.2, 0.25) is 0 Å². The Bertz CT molecular complexity index is 781. The summed E-state index contributed by atoms with van der Waals surface area (Å²) in [6, 6.07) is 12.7. The molecule has 0 unspecified atom stereocenters. The van der Waals surface area contributed by atoms with Gasteiger partial charge in [-0.1, -0.05) is 12.1 Å². The molecule has 0 spiro atoms. The molecule has 0 bridgehead atoms. The zero-order valence-electron chi connectivity index (χ0n) is 11.2. The van der Waals surface area contributed by atoms with Gasteiger partial charge in [-0.2, -0.15) is 0 Å². The molecule has 0 fully saturated rings. The van der Waals surface area contributed by atoms with E-state index in [1.807, 2.05) is 24.3 Å². The third kappa shape index (κ3) is 2.75. The van der Waals surface area contributed by atoms with Crippen LogP contribution in [0, 0.1) is 0 Å². The number of hydrogen-bond acceptors (Lipinski definition) is 3. The topological polar surface area (TPSA) is 67.0 Å². The van der Waals surface area contributed by atoms with Gasteiger partial charge in [-0.3, -0.25) is 10.1 Å². The number of halogens is 1. The number of fused-ring (bicyclic) bond motifs is 1. The molecule has 0 aliphatic carbocycles. The van der Waals surface area contributed by atoms with Crippen molar-refractivity contribution in [3.63, 3.8) is 0 Å². The number of H-pyrrole nitrogens is 1.